The van der Waals surface area contributed by atoms with Gasteiger partial charge in [-0.3, -0.25) is 24.1 Å². The van der Waals surface area contributed by atoms with Gasteiger partial charge in [-0.2, -0.15) is 0 Å². The Morgan fingerprint density at radius 1 is 0.816 bits per heavy atom. The van der Waals surface area contributed by atoms with Crippen LogP contribution >= 0.6 is 20.8 Å². The van der Waals surface area contributed by atoms with Gasteiger partial charge in [0.2, 0.25) is 0 Å². The Balaban J connectivity index is 0.000000919. The van der Waals surface area contributed by atoms with Crippen molar-refractivity contribution in [3.63, 3.8) is 0 Å². The van der Waals surface area contributed by atoms with E-state index in [1.807, 2.05) is 123 Å². The number of aliphatic carboxylic acids is 1. The Morgan fingerprint density at radius 3 is 1.79 bits per heavy atom. The Bertz CT molecular complexity index is 2070. The number of halogens is 1. The van der Waals surface area contributed by atoms with Crippen LogP contribution in [0.5, 0.6) is 0 Å². The second-order valence-electron chi connectivity index (χ2n) is 27.3. The van der Waals surface area contributed by atoms with E-state index < -0.39 is 23.1 Å². The van der Waals surface area contributed by atoms with Crippen LogP contribution in [0.15, 0.2) is 35.4 Å². The zero-order chi connectivity index (χ0) is 59.2. The molecule has 0 aliphatic heterocycles. The van der Waals surface area contributed by atoms with Crippen LogP contribution in [0.3, 0.4) is 0 Å². The highest BCUT2D eigenvalue weighted by atomic mass is 35.5. The number of nitrogens with zero attached hydrogens (tertiary/aromatic N) is 1. The predicted molar refractivity (Wildman–Crippen MR) is 314 cm³/mol. The van der Waals surface area contributed by atoms with E-state index in [1.54, 1.807) is 12.1 Å². The number of hydrogen-bond acceptors (Lipinski definition) is 9. The summed E-state index contributed by atoms with van der Waals surface area (Å²) in [7, 11) is 4.30. The summed E-state index contributed by atoms with van der Waals surface area (Å²) in [5, 5.41) is 8.86. The van der Waals surface area contributed by atoms with Crippen LogP contribution in [0.1, 0.15) is 215 Å². The first-order valence-corrected chi connectivity index (χ1v) is 29.8. The molecule has 6 rings (SSSR count). The molecule has 1 amide bonds. The van der Waals surface area contributed by atoms with E-state index in [9.17, 15) is 24.0 Å². The molecule has 5 aliphatic rings. The lowest BCUT2D eigenvalue weighted by atomic mass is 9.34. The number of ketones is 2. The average molecular weight is 1100 g/mol. The molecular weight excluding hydrogens is 997 g/mol. The lowest BCUT2D eigenvalue weighted by molar-refractivity contribution is -0.213. The van der Waals surface area contributed by atoms with Crippen LogP contribution in [0.4, 0.5) is 4.79 Å². The molecule has 4 fully saturated rings. The van der Waals surface area contributed by atoms with Crippen LogP contribution in [0.25, 0.3) is 0 Å². The molecule has 8 unspecified atom stereocenters. The third-order valence-electron chi connectivity index (χ3n) is 16.8. The number of aldehydes is 1. The number of carbonyl (C=O) groups excluding carboxylic acids is 5. The van der Waals surface area contributed by atoms with Gasteiger partial charge in [-0.25, -0.2) is 4.79 Å². The van der Waals surface area contributed by atoms with Gasteiger partial charge in [0.1, 0.15) is 17.5 Å². The van der Waals surface area contributed by atoms with Gasteiger partial charge >= 0.3 is 12.1 Å². The number of allylic oxidation sites excluding steroid dienone is 2. The molecule has 5 aliphatic carbocycles. The zero-order valence-electron chi connectivity index (χ0n) is 51.6. The number of hydrogen-bond donors (Lipinski definition) is 1. The van der Waals surface area contributed by atoms with Gasteiger partial charge in [-0.1, -0.05) is 127 Å². The number of ether oxygens (including phenoxy) is 3. The summed E-state index contributed by atoms with van der Waals surface area (Å²) >= 11 is 6.17. The number of fused-ring (bicyclic) bond motifs is 7. The second kappa shape index (κ2) is 28.8. The molecule has 76 heavy (non-hydrogen) atoms. The SMILES string of the molecule is CC.CC(C)(C)CC(=O)O.CC(C)(C)CC=O.CC(C)(C)OC=O.COC1CCC2(C)C(CCC3(C)[C@@H]2CCC2C4=C(C(C)C)C(=O)CC4(C(=O)CN(Cc4ccc(Cl)cc4)C(=O)OC(C)(C)C)CC[C@]23C)C1C.CP. The van der Waals surface area contributed by atoms with Crippen LogP contribution in [0.2, 0.25) is 5.02 Å². The lowest BCUT2D eigenvalue weighted by Gasteiger charge is -2.71. The van der Waals surface area contributed by atoms with Crippen molar-refractivity contribution < 1.29 is 48.1 Å². The molecule has 10 atom stereocenters. The van der Waals surface area contributed by atoms with Crippen molar-refractivity contribution in [2.24, 2.45) is 62.1 Å². The number of carbonyl (C=O) groups is 6. The van der Waals surface area contributed by atoms with Gasteiger partial charge in [0.05, 0.1) is 24.5 Å². The first-order valence-electron chi connectivity index (χ1n) is 28.3. The molecule has 0 radical (unpaired) electrons. The lowest BCUT2D eigenvalue weighted by Crippen LogP contribution is -2.64. The van der Waals surface area contributed by atoms with E-state index in [-0.39, 0.29) is 82.0 Å². The first-order chi connectivity index (χ1) is 34.8. The van der Waals surface area contributed by atoms with Crippen LogP contribution in [-0.4, -0.2) is 84.0 Å². The number of carboxylic acids is 1. The summed E-state index contributed by atoms with van der Waals surface area (Å²) in [5.41, 5.74) is 1.43. The summed E-state index contributed by atoms with van der Waals surface area (Å²) in [6.45, 7) is 43.7. The molecule has 0 bridgehead atoms. The Hall–Kier alpha value is -3.14. The number of carboxylic acid groups (broad SMARTS) is 1. The minimum atomic E-state index is -0.879. The average Bonchev–Trinajstić information content (AvgIpc) is 3.60. The van der Waals surface area contributed by atoms with Gasteiger partial charge in [-0.05, 0) is 178 Å². The Kier molecular flexibility index (Phi) is 26.9. The van der Waals surface area contributed by atoms with E-state index in [0.717, 1.165) is 48.7 Å². The van der Waals surface area contributed by atoms with Gasteiger partial charge in [0.15, 0.2) is 11.6 Å². The van der Waals surface area contributed by atoms with Gasteiger partial charge in [-0.15, -0.1) is 9.24 Å². The van der Waals surface area contributed by atoms with Crippen LogP contribution in [-0.2, 0) is 44.7 Å². The summed E-state index contributed by atoms with van der Waals surface area (Å²) in [6, 6.07) is 7.36. The molecule has 0 heterocycles. The standard InChI is InChI=1S/C43H62ClNO5.C6H12O2.C6H12O.C5H10O2.C2H6.CH5P/c1-26(2)36-32(46)23-43(35(47)25-45(38(48)50-39(4,5)6)24-28-11-13-29(44)14-12-28)22-21-41(8)31(37(36)43)15-16-34-40(7)19-18-33(49-10)27(3)30(40)17-20-42(34,41)9;1-6(2,3)4-5(7)8;1-6(2,3)4-5-7;1-5(2,3)7-4-6;2*1-2/h11-14,26-27,30-31,33-34H,15-25H2,1-10H3;4H2,1-3H3,(H,7,8);5H,4H2,1-3H3;4H,1-3H3;1-2H3;2H2,1H3/t27?,30?,31?,33?,34-,40?,41-,42?,43?;;;;;/m1...../s1. The van der Waals surface area contributed by atoms with E-state index in [0.29, 0.717) is 48.2 Å². The maximum Gasteiger partial charge on any atom is 0.410 e. The minimum absolute atomic E-state index is 0.0203. The molecule has 0 aromatic heterocycles. The molecule has 1 aromatic rings. The monoisotopic (exact) mass is 1100 g/mol. The van der Waals surface area contributed by atoms with E-state index >= 15 is 4.79 Å². The first kappa shape index (κ1) is 70.9. The predicted octanol–water partition coefficient (Wildman–Crippen LogP) is 15.9. The van der Waals surface area contributed by atoms with Crippen molar-refractivity contribution in [1.82, 2.24) is 4.90 Å². The largest absolute Gasteiger partial charge is 0.481 e. The highest BCUT2D eigenvalue weighted by molar-refractivity contribution is 7.15. The fourth-order valence-electron chi connectivity index (χ4n) is 13.4. The van der Waals surface area contributed by atoms with Crippen molar-refractivity contribution in [2.75, 3.05) is 20.3 Å². The van der Waals surface area contributed by atoms with E-state index in [1.165, 1.54) is 24.2 Å². The molecular formula is C63H107ClNO10P. The maximum atomic E-state index is 15.0. The molecule has 4 saturated carbocycles. The van der Waals surface area contributed by atoms with Crippen molar-refractivity contribution in [2.45, 2.75) is 233 Å². The second-order valence-corrected chi connectivity index (χ2v) is 27.7. The number of Topliss-reactive ketones (excluding diaryl/α,β-unsaturated/α-hetero) is 2. The minimum Gasteiger partial charge on any atom is -0.481 e. The van der Waals surface area contributed by atoms with E-state index in [2.05, 4.69) is 55.5 Å². The third kappa shape index (κ3) is 18.5. The molecule has 11 nitrogen and oxygen atoms in total. The molecule has 0 spiro atoms. The van der Waals surface area contributed by atoms with Gasteiger partial charge in [0.25, 0.3) is 6.47 Å². The quantitative estimate of drug-likeness (QED) is 0.177. The number of amides is 1. The normalized spacial score (nSPS) is 28.5. The fourth-order valence-corrected chi connectivity index (χ4v) is 13.5. The maximum absolute atomic E-state index is 15.0. The summed E-state index contributed by atoms with van der Waals surface area (Å²) in [6.07, 6.45) is 10.3. The summed E-state index contributed by atoms with van der Waals surface area (Å²) in [4.78, 5) is 73.9. The Morgan fingerprint density at radius 2 is 1.38 bits per heavy atom. The summed E-state index contributed by atoms with van der Waals surface area (Å²) < 4.78 is 16.4. The smallest absolute Gasteiger partial charge is 0.410 e. The van der Waals surface area contributed by atoms with Gasteiger partial charge in [0, 0.05) is 31.5 Å². The number of methoxy groups -OCH3 is 1. The molecule has 436 valence electrons. The topological polar surface area (TPSA) is 154 Å². The summed E-state index contributed by atoms with van der Waals surface area (Å²) in [5.74, 6) is 1.39. The van der Waals surface area contributed by atoms with Crippen molar-refractivity contribution >= 4 is 57.2 Å². The van der Waals surface area contributed by atoms with Crippen molar-refractivity contribution in [3.8, 4) is 0 Å². The molecule has 13 heteroatoms. The highest BCUT2D eigenvalue weighted by Gasteiger charge is 2.70. The molecule has 1 N–H and O–H groups in total. The van der Waals surface area contributed by atoms with Crippen molar-refractivity contribution in [3.05, 3.63) is 46.0 Å². The third-order valence-corrected chi connectivity index (χ3v) is 17.1. The van der Waals surface area contributed by atoms with E-state index in [4.69, 9.17) is 26.2 Å². The number of benzene rings is 1. The van der Waals surface area contributed by atoms with Crippen molar-refractivity contribution in [1.29, 1.82) is 0 Å². The Labute approximate surface area is 469 Å². The van der Waals surface area contributed by atoms with Crippen LogP contribution < -0.4 is 0 Å². The molecule has 0 saturated heterocycles. The van der Waals surface area contributed by atoms with Crippen LogP contribution in [0, 0.1) is 62.1 Å². The number of rotatable bonds is 10. The van der Waals surface area contributed by atoms with Gasteiger partial charge < -0.3 is 24.1 Å². The zero-order valence-corrected chi connectivity index (χ0v) is 53.6. The molecule has 1 aromatic carbocycles. The fraction of sp³-hybridized carbons (Fsp3) is 0.778. The highest BCUT2D eigenvalue weighted by Crippen LogP contribution is 2.76.